The number of rotatable bonds is 0. The Morgan fingerprint density at radius 2 is 1.41 bits per heavy atom. The Labute approximate surface area is 186 Å². The van der Waals surface area contributed by atoms with Gasteiger partial charge in [-0.2, -0.15) is 0 Å². The zero-order chi connectivity index (χ0) is 21.9. The molecule has 6 bridgehead atoms. The number of ether oxygens (including phenoxy) is 2. The molecular weight excluding hydrogens is 400 g/mol. The van der Waals surface area contributed by atoms with E-state index in [1.165, 1.54) is 11.1 Å². The van der Waals surface area contributed by atoms with Gasteiger partial charge in [-0.05, 0) is 84.1 Å². The number of benzene rings is 4. The first kappa shape index (κ1) is 19.8. The van der Waals surface area contributed by atoms with Crippen molar-refractivity contribution in [3.63, 3.8) is 0 Å². The first-order valence-electron chi connectivity index (χ1n) is 10.5. The van der Waals surface area contributed by atoms with Crippen LogP contribution in [0.25, 0.3) is 12.2 Å². The zero-order valence-corrected chi connectivity index (χ0v) is 17.4. The first-order chi connectivity index (χ1) is 15.6. The highest BCUT2D eigenvalue weighted by Crippen LogP contribution is 2.34. The molecule has 158 valence electrons. The Kier molecular flexibility index (Phi) is 5.26. The SMILES string of the molecule is Oc1ccc2c(c1)/C=C/c1ccc(O)c(c1)Oc1ccc(cc1)CCc1cccc(c1)O2. The van der Waals surface area contributed by atoms with Crippen molar-refractivity contribution in [3.05, 3.63) is 107 Å². The van der Waals surface area contributed by atoms with Gasteiger partial charge in [-0.25, -0.2) is 0 Å². The second-order valence-electron chi connectivity index (χ2n) is 7.78. The lowest BCUT2D eigenvalue weighted by molar-refractivity contribution is 0.411. The van der Waals surface area contributed by atoms with Crippen molar-refractivity contribution < 1.29 is 19.7 Å². The Balaban J connectivity index is 1.59. The average molecular weight is 422 g/mol. The van der Waals surface area contributed by atoms with Crippen molar-refractivity contribution in [1.82, 2.24) is 0 Å². The van der Waals surface area contributed by atoms with Gasteiger partial charge in [0.1, 0.15) is 23.0 Å². The Bertz CT molecular complexity index is 1290. The van der Waals surface area contributed by atoms with Gasteiger partial charge in [0.15, 0.2) is 11.5 Å². The highest BCUT2D eigenvalue weighted by molar-refractivity contribution is 5.74. The molecule has 0 saturated carbocycles. The second-order valence-corrected chi connectivity index (χ2v) is 7.78. The highest BCUT2D eigenvalue weighted by Gasteiger charge is 2.09. The molecule has 0 fully saturated rings. The summed E-state index contributed by atoms with van der Waals surface area (Å²) in [6.45, 7) is 0. The first-order valence-corrected chi connectivity index (χ1v) is 10.5. The standard InChI is InChI=1S/C28H22O4/c29-23-11-15-27-22(18-23)10-6-21-9-14-26(30)28(17-21)31-24-12-7-19(8-13-24)4-5-20-2-1-3-25(16-20)32-27/h1-3,6-18,29-30H,4-5H2/b10-6+. The number of hydrogen-bond acceptors (Lipinski definition) is 4. The van der Waals surface area contributed by atoms with E-state index < -0.39 is 0 Å². The van der Waals surface area contributed by atoms with Crippen LogP contribution in [-0.4, -0.2) is 10.2 Å². The van der Waals surface area contributed by atoms with Gasteiger partial charge in [-0.15, -0.1) is 0 Å². The third kappa shape index (κ3) is 4.44. The van der Waals surface area contributed by atoms with Crippen molar-refractivity contribution in [1.29, 1.82) is 0 Å². The van der Waals surface area contributed by atoms with Crippen LogP contribution >= 0.6 is 0 Å². The fraction of sp³-hybridized carbons (Fsp3) is 0.0714. The molecule has 6 rings (SSSR count). The predicted octanol–water partition coefficient (Wildman–Crippen LogP) is 6.95. The van der Waals surface area contributed by atoms with E-state index in [9.17, 15) is 10.2 Å². The molecule has 2 N–H and O–H groups in total. The van der Waals surface area contributed by atoms with Crippen LogP contribution in [0.15, 0.2) is 84.9 Å². The topological polar surface area (TPSA) is 58.9 Å². The van der Waals surface area contributed by atoms with Crippen LogP contribution in [0.2, 0.25) is 0 Å². The van der Waals surface area contributed by atoms with Crippen molar-refractivity contribution in [2.45, 2.75) is 12.8 Å². The molecule has 0 radical (unpaired) electrons. The quantitative estimate of drug-likeness (QED) is 0.322. The average Bonchev–Trinajstić information content (AvgIpc) is 2.80. The maximum absolute atomic E-state index is 10.2. The summed E-state index contributed by atoms with van der Waals surface area (Å²) in [5, 5.41) is 20.2. The number of phenols is 2. The molecule has 0 spiro atoms. The van der Waals surface area contributed by atoms with Crippen molar-refractivity contribution in [2.24, 2.45) is 0 Å². The number of fused-ring (bicyclic) bond motifs is 3. The minimum atomic E-state index is 0.0699. The molecule has 4 nitrogen and oxygen atoms in total. The molecule has 0 aromatic heterocycles. The molecular formula is C28H22O4. The van der Waals surface area contributed by atoms with Crippen molar-refractivity contribution in [3.8, 4) is 34.5 Å². The van der Waals surface area contributed by atoms with Gasteiger partial charge in [0, 0.05) is 5.56 Å². The van der Waals surface area contributed by atoms with E-state index in [0.29, 0.717) is 17.2 Å². The van der Waals surface area contributed by atoms with Crippen LogP contribution in [-0.2, 0) is 12.8 Å². The van der Waals surface area contributed by atoms with Crippen LogP contribution in [0.5, 0.6) is 34.5 Å². The molecule has 4 aromatic rings. The molecule has 0 atom stereocenters. The highest BCUT2D eigenvalue weighted by atomic mass is 16.5. The molecule has 0 amide bonds. The van der Waals surface area contributed by atoms with Crippen LogP contribution < -0.4 is 9.47 Å². The minimum absolute atomic E-state index is 0.0699. The summed E-state index contributed by atoms with van der Waals surface area (Å²) in [5.41, 5.74) is 3.96. The summed E-state index contributed by atoms with van der Waals surface area (Å²) in [6, 6.07) is 26.2. The lowest BCUT2D eigenvalue weighted by Gasteiger charge is -2.12. The van der Waals surface area contributed by atoms with Gasteiger partial charge in [0.05, 0.1) is 0 Å². The summed E-state index contributed by atoms with van der Waals surface area (Å²) in [7, 11) is 0. The third-order valence-corrected chi connectivity index (χ3v) is 5.41. The fourth-order valence-corrected chi connectivity index (χ4v) is 3.69. The van der Waals surface area contributed by atoms with E-state index >= 15 is 0 Å². The van der Waals surface area contributed by atoms with Gasteiger partial charge >= 0.3 is 0 Å². The van der Waals surface area contributed by atoms with Gasteiger partial charge in [0.2, 0.25) is 0 Å². The Morgan fingerprint density at radius 1 is 0.594 bits per heavy atom. The maximum Gasteiger partial charge on any atom is 0.169 e. The molecule has 32 heavy (non-hydrogen) atoms. The van der Waals surface area contributed by atoms with E-state index in [2.05, 4.69) is 6.07 Å². The number of aromatic hydroxyl groups is 2. The summed E-state index contributed by atoms with van der Waals surface area (Å²) >= 11 is 0. The van der Waals surface area contributed by atoms with Crippen LogP contribution in [0.1, 0.15) is 22.3 Å². The molecule has 4 aromatic carbocycles. The van der Waals surface area contributed by atoms with Gasteiger partial charge in [0.25, 0.3) is 0 Å². The normalized spacial score (nSPS) is 13.8. The molecule has 0 aliphatic carbocycles. The second kappa shape index (κ2) is 8.52. The summed E-state index contributed by atoms with van der Waals surface area (Å²) in [6.07, 6.45) is 5.52. The Morgan fingerprint density at radius 3 is 2.28 bits per heavy atom. The molecule has 2 heterocycles. The minimum Gasteiger partial charge on any atom is -0.508 e. The van der Waals surface area contributed by atoms with E-state index in [0.717, 1.165) is 29.7 Å². The monoisotopic (exact) mass is 422 g/mol. The van der Waals surface area contributed by atoms with Crippen LogP contribution in [0.3, 0.4) is 0 Å². The number of aryl methyl sites for hydroxylation is 2. The van der Waals surface area contributed by atoms with Gasteiger partial charge in [-0.1, -0.05) is 42.5 Å². The lowest BCUT2D eigenvalue weighted by Crippen LogP contribution is -1.94. The molecule has 2 aliphatic rings. The predicted molar refractivity (Wildman–Crippen MR) is 126 cm³/mol. The van der Waals surface area contributed by atoms with Crippen LogP contribution in [0, 0.1) is 0 Å². The fourth-order valence-electron chi connectivity index (χ4n) is 3.69. The summed E-state index contributed by atoms with van der Waals surface area (Å²) in [4.78, 5) is 0. The molecule has 0 unspecified atom stereocenters. The smallest absolute Gasteiger partial charge is 0.169 e. The number of phenolic OH excluding ortho intramolecular Hbond substituents is 2. The van der Waals surface area contributed by atoms with Gasteiger partial charge in [-0.3, -0.25) is 0 Å². The van der Waals surface area contributed by atoms with Gasteiger partial charge < -0.3 is 19.7 Å². The van der Waals surface area contributed by atoms with Crippen molar-refractivity contribution in [2.75, 3.05) is 0 Å². The van der Waals surface area contributed by atoms with E-state index in [1.54, 1.807) is 36.4 Å². The Hall–Kier alpha value is -4.18. The third-order valence-electron chi connectivity index (χ3n) is 5.41. The molecule has 0 saturated heterocycles. The summed E-state index contributed by atoms with van der Waals surface area (Å²) in [5.74, 6) is 2.66. The largest absolute Gasteiger partial charge is 0.508 e. The van der Waals surface area contributed by atoms with E-state index in [1.807, 2.05) is 54.6 Å². The van der Waals surface area contributed by atoms with E-state index in [-0.39, 0.29) is 11.5 Å². The molecule has 2 aliphatic heterocycles. The molecule has 4 heteroatoms. The van der Waals surface area contributed by atoms with E-state index in [4.69, 9.17) is 9.47 Å². The lowest BCUT2D eigenvalue weighted by atomic mass is 10.0. The summed E-state index contributed by atoms with van der Waals surface area (Å²) < 4.78 is 12.1. The zero-order valence-electron chi connectivity index (χ0n) is 17.4. The number of hydrogen-bond donors (Lipinski definition) is 2. The van der Waals surface area contributed by atoms with Crippen LogP contribution in [0.4, 0.5) is 0 Å². The van der Waals surface area contributed by atoms with Crippen molar-refractivity contribution >= 4 is 12.2 Å². The maximum atomic E-state index is 10.2.